The van der Waals surface area contributed by atoms with E-state index in [1.54, 1.807) is 24.3 Å². The first-order valence-electron chi connectivity index (χ1n) is 10.3. The third-order valence-corrected chi connectivity index (χ3v) is 6.84. The maximum Gasteiger partial charge on any atom is 0.249 e. The first-order chi connectivity index (χ1) is 14.8. The molecule has 0 bridgehead atoms. The van der Waals surface area contributed by atoms with Gasteiger partial charge in [0, 0.05) is 29.1 Å². The SMILES string of the molecule is CCCCc1c[c]c2c3c(C(N)=O)cccc3n(Cc3ccccc3S(C)(=O)=O)c2c1. The number of hydrogen-bond acceptors (Lipinski definition) is 3. The van der Waals surface area contributed by atoms with Crippen LogP contribution in [0.5, 0.6) is 0 Å². The normalized spacial score (nSPS) is 11.9. The van der Waals surface area contributed by atoms with Gasteiger partial charge in [-0.3, -0.25) is 4.79 Å². The summed E-state index contributed by atoms with van der Waals surface area (Å²) in [5, 5.41) is 1.57. The molecule has 3 aromatic carbocycles. The van der Waals surface area contributed by atoms with Crippen molar-refractivity contribution in [2.75, 3.05) is 6.26 Å². The molecule has 1 radical (unpaired) electrons. The lowest BCUT2D eigenvalue weighted by Crippen LogP contribution is -2.11. The summed E-state index contributed by atoms with van der Waals surface area (Å²) < 4.78 is 26.8. The zero-order valence-electron chi connectivity index (χ0n) is 17.7. The van der Waals surface area contributed by atoms with Gasteiger partial charge >= 0.3 is 0 Å². The Labute approximate surface area is 182 Å². The fraction of sp³-hybridized carbons (Fsp3) is 0.240. The fourth-order valence-corrected chi connectivity index (χ4v) is 5.10. The number of carbonyl (C=O) groups is 1. The Bertz CT molecular complexity index is 1400. The highest BCUT2D eigenvalue weighted by Crippen LogP contribution is 2.33. The number of sulfone groups is 1. The molecular formula is C25H25N2O3S. The third kappa shape index (κ3) is 3.95. The van der Waals surface area contributed by atoms with Crippen LogP contribution in [0.3, 0.4) is 0 Å². The minimum atomic E-state index is -3.38. The van der Waals surface area contributed by atoms with E-state index in [1.165, 1.54) is 6.26 Å². The van der Waals surface area contributed by atoms with E-state index in [-0.39, 0.29) is 0 Å². The van der Waals surface area contributed by atoms with Gasteiger partial charge in [0.1, 0.15) is 0 Å². The van der Waals surface area contributed by atoms with Crippen LogP contribution in [-0.2, 0) is 22.8 Å². The maximum atomic E-state index is 12.3. The van der Waals surface area contributed by atoms with Gasteiger partial charge < -0.3 is 10.3 Å². The summed E-state index contributed by atoms with van der Waals surface area (Å²) in [7, 11) is -3.38. The van der Waals surface area contributed by atoms with Crippen molar-refractivity contribution in [1.29, 1.82) is 0 Å². The quantitative estimate of drug-likeness (QED) is 0.466. The van der Waals surface area contributed by atoms with Crippen LogP contribution in [0.25, 0.3) is 21.8 Å². The van der Waals surface area contributed by atoms with Gasteiger partial charge in [0.05, 0.1) is 15.9 Å². The molecular weight excluding hydrogens is 408 g/mol. The molecule has 6 heteroatoms. The second kappa shape index (κ2) is 8.19. The van der Waals surface area contributed by atoms with E-state index in [9.17, 15) is 13.2 Å². The lowest BCUT2D eigenvalue weighted by atomic mass is 10.0. The molecule has 1 amide bonds. The molecule has 0 aliphatic heterocycles. The summed E-state index contributed by atoms with van der Waals surface area (Å²) in [6.07, 6.45) is 4.32. The Kier molecular flexibility index (Phi) is 5.58. The van der Waals surface area contributed by atoms with Crippen LogP contribution in [-0.4, -0.2) is 25.1 Å². The van der Waals surface area contributed by atoms with Crippen LogP contribution in [0.1, 0.15) is 41.3 Å². The van der Waals surface area contributed by atoms with Gasteiger partial charge in [0.2, 0.25) is 5.91 Å². The molecule has 4 aromatic rings. The number of rotatable bonds is 7. The van der Waals surface area contributed by atoms with Crippen LogP contribution in [0, 0.1) is 6.07 Å². The monoisotopic (exact) mass is 433 g/mol. The first-order valence-corrected chi connectivity index (χ1v) is 12.2. The summed E-state index contributed by atoms with van der Waals surface area (Å²) in [5.41, 5.74) is 9.72. The molecule has 0 aliphatic rings. The summed E-state index contributed by atoms with van der Waals surface area (Å²) in [4.78, 5) is 12.4. The predicted molar refractivity (Wildman–Crippen MR) is 124 cm³/mol. The molecule has 0 spiro atoms. The van der Waals surface area contributed by atoms with Crippen LogP contribution in [0.2, 0.25) is 0 Å². The van der Waals surface area contributed by atoms with E-state index >= 15 is 0 Å². The van der Waals surface area contributed by atoms with Gasteiger partial charge in [0.25, 0.3) is 0 Å². The fourth-order valence-electron chi connectivity index (χ4n) is 4.17. The van der Waals surface area contributed by atoms with Crippen LogP contribution in [0.4, 0.5) is 0 Å². The van der Waals surface area contributed by atoms with Gasteiger partial charge in [-0.2, -0.15) is 0 Å². The van der Waals surface area contributed by atoms with Crippen LogP contribution >= 0.6 is 0 Å². The molecule has 1 aromatic heterocycles. The second-order valence-corrected chi connectivity index (χ2v) is 9.89. The van der Waals surface area contributed by atoms with E-state index in [1.807, 2.05) is 24.3 Å². The summed E-state index contributed by atoms with van der Waals surface area (Å²) in [5.74, 6) is -0.496. The van der Waals surface area contributed by atoms with Gasteiger partial charge in [-0.25, -0.2) is 8.42 Å². The average Bonchev–Trinajstić information content (AvgIpc) is 3.05. The molecule has 159 valence electrons. The van der Waals surface area contributed by atoms with Crippen molar-refractivity contribution in [1.82, 2.24) is 4.57 Å². The zero-order valence-corrected chi connectivity index (χ0v) is 18.5. The minimum absolute atomic E-state index is 0.308. The number of hydrogen-bond donors (Lipinski definition) is 1. The van der Waals surface area contributed by atoms with E-state index in [4.69, 9.17) is 5.73 Å². The number of benzene rings is 3. The Balaban J connectivity index is 2.01. The van der Waals surface area contributed by atoms with E-state index in [0.717, 1.165) is 46.6 Å². The molecule has 1 heterocycles. The molecule has 0 atom stereocenters. The minimum Gasteiger partial charge on any atom is -0.366 e. The summed E-state index contributed by atoms with van der Waals surface area (Å²) in [6, 6.07) is 20.0. The molecule has 5 nitrogen and oxygen atoms in total. The zero-order chi connectivity index (χ0) is 22.2. The number of fused-ring (bicyclic) bond motifs is 3. The molecule has 2 N–H and O–H groups in total. The number of unbranched alkanes of at least 4 members (excludes halogenated alkanes) is 1. The Morgan fingerprint density at radius 1 is 1.10 bits per heavy atom. The number of nitrogens with zero attached hydrogens (tertiary/aromatic N) is 1. The highest BCUT2D eigenvalue weighted by atomic mass is 32.2. The van der Waals surface area contributed by atoms with Gasteiger partial charge in [-0.1, -0.05) is 43.7 Å². The van der Waals surface area contributed by atoms with Gasteiger partial charge in [-0.15, -0.1) is 0 Å². The largest absolute Gasteiger partial charge is 0.366 e. The Morgan fingerprint density at radius 2 is 1.87 bits per heavy atom. The van der Waals surface area contributed by atoms with Crippen molar-refractivity contribution in [3.8, 4) is 0 Å². The molecule has 0 fully saturated rings. The van der Waals surface area contributed by atoms with E-state index in [0.29, 0.717) is 22.6 Å². The maximum absolute atomic E-state index is 12.3. The van der Waals surface area contributed by atoms with Crippen LogP contribution < -0.4 is 5.73 Å². The average molecular weight is 434 g/mol. The van der Waals surface area contributed by atoms with Crippen molar-refractivity contribution in [2.45, 2.75) is 37.6 Å². The van der Waals surface area contributed by atoms with Crippen molar-refractivity contribution in [3.05, 3.63) is 77.4 Å². The number of nitrogens with two attached hydrogens (primary N) is 1. The molecule has 0 aliphatic carbocycles. The third-order valence-electron chi connectivity index (χ3n) is 5.64. The first kappa shape index (κ1) is 21.1. The number of primary amides is 1. The molecule has 0 saturated carbocycles. The molecule has 4 rings (SSSR count). The van der Waals surface area contributed by atoms with Gasteiger partial charge in [-0.05, 0) is 54.3 Å². The number of amides is 1. The molecule has 31 heavy (non-hydrogen) atoms. The number of carbonyl (C=O) groups excluding carboxylic acids is 1. The number of aryl methyl sites for hydroxylation is 1. The number of aromatic nitrogens is 1. The van der Waals surface area contributed by atoms with Crippen molar-refractivity contribution < 1.29 is 13.2 Å². The lowest BCUT2D eigenvalue weighted by molar-refractivity contribution is 0.100. The molecule has 0 unspecified atom stereocenters. The highest BCUT2D eigenvalue weighted by Gasteiger charge is 2.19. The van der Waals surface area contributed by atoms with Gasteiger partial charge in [0.15, 0.2) is 9.84 Å². The lowest BCUT2D eigenvalue weighted by Gasteiger charge is -2.12. The smallest absolute Gasteiger partial charge is 0.249 e. The second-order valence-electron chi connectivity index (χ2n) is 7.90. The Morgan fingerprint density at radius 3 is 2.58 bits per heavy atom. The summed E-state index contributed by atoms with van der Waals surface area (Å²) >= 11 is 0. The standard InChI is InChI=1S/C25H25N2O3S/c1-3-4-8-17-13-14-19-22(15-17)27(21-11-7-10-20(24(19)21)25(26)28)16-18-9-5-6-12-23(18)31(2,29)30/h5-7,9-13,15H,3-4,8,16H2,1-2H3,(H2,26,28). The van der Waals surface area contributed by atoms with Crippen molar-refractivity contribution >= 4 is 37.6 Å². The topological polar surface area (TPSA) is 82.2 Å². The highest BCUT2D eigenvalue weighted by molar-refractivity contribution is 7.90. The van der Waals surface area contributed by atoms with Crippen molar-refractivity contribution in [3.63, 3.8) is 0 Å². The van der Waals surface area contributed by atoms with E-state index < -0.39 is 15.7 Å². The predicted octanol–water partition coefficient (Wildman–Crippen LogP) is 4.49. The van der Waals surface area contributed by atoms with Crippen molar-refractivity contribution in [2.24, 2.45) is 5.73 Å². The molecule has 0 saturated heterocycles. The van der Waals surface area contributed by atoms with Crippen LogP contribution in [0.15, 0.2) is 59.5 Å². The Hall–Kier alpha value is -3.12. The summed E-state index contributed by atoms with van der Waals surface area (Å²) in [6.45, 7) is 2.51. The van der Waals surface area contributed by atoms with E-state index in [2.05, 4.69) is 23.6 Å².